The van der Waals surface area contributed by atoms with Gasteiger partial charge in [0.2, 0.25) is 0 Å². The Hall–Kier alpha value is -0.740. The molecular formula is C16H26ClIN4O2S. The van der Waals surface area contributed by atoms with Crippen molar-refractivity contribution in [1.82, 2.24) is 10.2 Å². The van der Waals surface area contributed by atoms with Crippen molar-refractivity contribution in [3.8, 4) is 0 Å². The van der Waals surface area contributed by atoms with E-state index in [2.05, 4.69) is 20.1 Å². The first-order chi connectivity index (χ1) is 11.4. The SMILES string of the molecule is CN=C(NCCCS(C)(=O)=O)N1CCN(c2ccccc2Cl)CC1.I. The highest BCUT2D eigenvalue weighted by atomic mass is 127. The zero-order chi connectivity index (χ0) is 17.6. The van der Waals surface area contributed by atoms with E-state index in [0.29, 0.717) is 13.0 Å². The molecule has 142 valence electrons. The van der Waals surface area contributed by atoms with Crippen LogP contribution >= 0.6 is 35.6 Å². The van der Waals surface area contributed by atoms with Crippen molar-refractivity contribution < 1.29 is 8.42 Å². The fourth-order valence-electron chi connectivity index (χ4n) is 2.73. The summed E-state index contributed by atoms with van der Waals surface area (Å²) >= 11 is 6.26. The number of hydrogen-bond donors (Lipinski definition) is 1. The summed E-state index contributed by atoms with van der Waals surface area (Å²) in [5.74, 6) is 1.01. The Morgan fingerprint density at radius 3 is 2.44 bits per heavy atom. The molecule has 0 radical (unpaired) electrons. The van der Waals surface area contributed by atoms with Crippen molar-refractivity contribution in [2.24, 2.45) is 4.99 Å². The van der Waals surface area contributed by atoms with Crippen LogP contribution in [0.5, 0.6) is 0 Å². The minimum atomic E-state index is -2.91. The molecule has 6 nitrogen and oxygen atoms in total. The second-order valence-corrected chi connectivity index (χ2v) is 8.55. The van der Waals surface area contributed by atoms with Crippen LogP contribution in [0.3, 0.4) is 0 Å². The standard InChI is InChI=1S/C16H25ClN4O2S.HI/c1-18-16(19-8-5-13-24(2,22)23)21-11-9-20(10-12-21)15-7-4-3-6-14(15)17;/h3-4,6-7H,5,8-13H2,1-2H3,(H,18,19);1H. The molecule has 0 saturated carbocycles. The molecule has 1 aromatic rings. The van der Waals surface area contributed by atoms with Crippen LogP contribution in [-0.2, 0) is 9.84 Å². The first-order valence-corrected chi connectivity index (χ1v) is 10.5. The van der Waals surface area contributed by atoms with Crippen LogP contribution in [-0.4, -0.2) is 71.1 Å². The molecule has 1 aromatic carbocycles. The van der Waals surface area contributed by atoms with Crippen LogP contribution in [0.25, 0.3) is 0 Å². The van der Waals surface area contributed by atoms with Crippen molar-refractivity contribution in [1.29, 1.82) is 0 Å². The zero-order valence-electron chi connectivity index (χ0n) is 14.6. The molecule has 1 fully saturated rings. The van der Waals surface area contributed by atoms with Crippen molar-refractivity contribution in [2.75, 3.05) is 56.7 Å². The number of aliphatic imine (C=N–C) groups is 1. The molecule has 2 rings (SSSR count). The molecule has 9 heteroatoms. The number of piperazine rings is 1. The maximum atomic E-state index is 11.2. The number of halogens is 2. The van der Waals surface area contributed by atoms with Crippen LogP contribution in [0.15, 0.2) is 29.3 Å². The van der Waals surface area contributed by atoms with Crippen LogP contribution in [0, 0.1) is 0 Å². The van der Waals surface area contributed by atoms with E-state index in [-0.39, 0.29) is 29.7 Å². The van der Waals surface area contributed by atoms with E-state index in [4.69, 9.17) is 11.6 Å². The monoisotopic (exact) mass is 500 g/mol. The Bertz CT molecular complexity index is 676. The minimum absolute atomic E-state index is 0. The van der Waals surface area contributed by atoms with E-state index < -0.39 is 9.84 Å². The van der Waals surface area contributed by atoms with E-state index in [1.807, 2.05) is 24.3 Å². The normalized spacial score (nSPS) is 15.7. The number of para-hydroxylation sites is 1. The maximum Gasteiger partial charge on any atom is 0.193 e. The van der Waals surface area contributed by atoms with Gasteiger partial charge in [0.05, 0.1) is 16.5 Å². The van der Waals surface area contributed by atoms with Gasteiger partial charge in [-0.05, 0) is 18.6 Å². The largest absolute Gasteiger partial charge is 0.367 e. The third-order valence-corrected chi connectivity index (χ3v) is 5.31. The van der Waals surface area contributed by atoms with Gasteiger partial charge in [-0.25, -0.2) is 8.42 Å². The van der Waals surface area contributed by atoms with Gasteiger partial charge in [0.15, 0.2) is 5.96 Å². The Balaban J connectivity index is 0.00000312. The summed E-state index contributed by atoms with van der Waals surface area (Å²) in [5, 5.41) is 4.02. The topological polar surface area (TPSA) is 65.0 Å². The van der Waals surface area contributed by atoms with Gasteiger partial charge >= 0.3 is 0 Å². The van der Waals surface area contributed by atoms with Crippen molar-refractivity contribution >= 4 is 57.1 Å². The van der Waals surface area contributed by atoms with Gasteiger partial charge < -0.3 is 15.1 Å². The summed E-state index contributed by atoms with van der Waals surface area (Å²) in [6, 6.07) is 7.88. The van der Waals surface area contributed by atoms with E-state index in [1.165, 1.54) is 6.26 Å². The molecule has 0 atom stereocenters. The lowest BCUT2D eigenvalue weighted by atomic mass is 10.2. The molecule has 1 aliphatic heterocycles. The maximum absolute atomic E-state index is 11.2. The number of benzene rings is 1. The number of nitrogens with zero attached hydrogens (tertiary/aromatic N) is 3. The average Bonchev–Trinajstić information content (AvgIpc) is 2.55. The van der Waals surface area contributed by atoms with Gasteiger partial charge in [0.25, 0.3) is 0 Å². The van der Waals surface area contributed by atoms with Gasteiger partial charge in [0.1, 0.15) is 9.84 Å². The second kappa shape index (κ2) is 10.4. The number of anilines is 1. The zero-order valence-corrected chi connectivity index (χ0v) is 18.5. The summed E-state index contributed by atoms with van der Waals surface area (Å²) in [5.41, 5.74) is 1.06. The predicted octanol–water partition coefficient (Wildman–Crippen LogP) is 2.09. The molecule has 25 heavy (non-hydrogen) atoms. The van der Waals surface area contributed by atoms with E-state index in [9.17, 15) is 8.42 Å². The number of sulfone groups is 1. The molecular weight excluding hydrogens is 475 g/mol. The first-order valence-electron chi connectivity index (χ1n) is 8.03. The Morgan fingerprint density at radius 2 is 1.88 bits per heavy atom. The lowest BCUT2D eigenvalue weighted by Gasteiger charge is -2.38. The molecule has 0 aliphatic carbocycles. The summed E-state index contributed by atoms with van der Waals surface area (Å²) in [6.07, 6.45) is 1.84. The molecule has 0 spiro atoms. The van der Waals surface area contributed by atoms with E-state index in [0.717, 1.165) is 42.8 Å². The van der Waals surface area contributed by atoms with Gasteiger partial charge in [-0.1, -0.05) is 23.7 Å². The summed E-state index contributed by atoms with van der Waals surface area (Å²) < 4.78 is 22.3. The summed E-state index contributed by atoms with van der Waals surface area (Å²) in [4.78, 5) is 8.76. The Kier molecular flexibility index (Phi) is 9.29. The predicted molar refractivity (Wildman–Crippen MR) is 116 cm³/mol. The third kappa shape index (κ3) is 7.18. The number of hydrogen-bond acceptors (Lipinski definition) is 4. The van der Waals surface area contributed by atoms with E-state index in [1.54, 1.807) is 7.05 Å². The van der Waals surface area contributed by atoms with Gasteiger partial charge in [0, 0.05) is 46.0 Å². The molecule has 0 aromatic heterocycles. The average molecular weight is 501 g/mol. The Morgan fingerprint density at radius 1 is 1.24 bits per heavy atom. The first kappa shape index (κ1) is 22.3. The fourth-order valence-corrected chi connectivity index (χ4v) is 3.66. The third-order valence-electron chi connectivity index (χ3n) is 3.96. The van der Waals surface area contributed by atoms with Gasteiger partial charge in [-0.2, -0.15) is 0 Å². The highest BCUT2D eigenvalue weighted by molar-refractivity contribution is 14.0. The van der Waals surface area contributed by atoms with Crippen LogP contribution < -0.4 is 10.2 Å². The highest BCUT2D eigenvalue weighted by Crippen LogP contribution is 2.25. The minimum Gasteiger partial charge on any atom is -0.367 e. The smallest absolute Gasteiger partial charge is 0.193 e. The number of guanidine groups is 1. The summed E-state index contributed by atoms with van der Waals surface area (Å²) in [7, 11) is -1.16. The molecule has 1 heterocycles. The van der Waals surface area contributed by atoms with Crippen molar-refractivity contribution in [2.45, 2.75) is 6.42 Å². The molecule has 1 N–H and O–H groups in total. The second-order valence-electron chi connectivity index (χ2n) is 5.88. The highest BCUT2D eigenvalue weighted by Gasteiger charge is 2.20. The molecule has 0 unspecified atom stereocenters. The van der Waals surface area contributed by atoms with Crippen LogP contribution in [0.4, 0.5) is 5.69 Å². The van der Waals surface area contributed by atoms with Crippen LogP contribution in [0.1, 0.15) is 6.42 Å². The lowest BCUT2D eigenvalue weighted by Crippen LogP contribution is -2.52. The summed E-state index contributed by atoms with van der Waals surface area (Å²) in [6.45, 7) is 4.03. The van der Waals surface area contributed by atoms with Crippen molar-refractivity contribution in [3.63, 3.8) is 0 Å². The molecule has 1 saturated heterocycles. The molecule has 0 amide bonds. The van der Waals surface area contributed by atoms with Crippen molar-refractivity contribution in [3.05, 3.63) is 29.3 Å². The molecule has 1 aliphatic rings. The van der Waals surface area contributed by atoms with Crippen LogP contribution in [0.2, 0.25) is 5.02 Å². The quantitative estimate of drug-likeness (QED) is 0.290. The number of rotatable bonds is 5. The number of nitrogens with one attached hydrogen (secondary N) is 1. The fraction of sp³-hybridized carbons (Fsp3) is 0.562. The lowest BCUT2D eigenvalue weighted by molar-refractivity contribution is 0.373. The van der Waals surface area contributed by atoms with Gasteiger partial charge in [-0.3, -0.25) is 4.99 Å². The Labute approximate surface area is 172 Å². The molecule has 0 bridgehead atoms. The van der Waals surface area contributed by atoms with E-state index >= 15 is 0 Å². The van der Waals surface area contributed by atoms with Gasteiger partial charge in [-0.15, -0.1) is 24.0 Å².